The number of hydrogen-bond acceptors (Lipinski definition) is 3. The molecule has 3 N–H and O–H groups in total. The maximum absolute atomic E-state index is 13.1. The van der Waals surface area contributed by atoms with Crippen LogP contribution in [0, 0.1) is 11.6 Å². The minimum atomic E-state index is -1.05. The normalized spacial score (nSPS) is 10.8. The Labute approximate surface area is 118 Å². The molecule has 21 heavy (non-hydrogen) atoms. The highest BCUT2D eigenvalue weighted by atomic mass is 19.2. The van der Waals surface area contributed by atoms with Crippen LogP contribution in [0.4, 0.5) is 20.2 Å². The quantitative estimate of drug-likeness (QED) is 0.757. The fourth-order valence-corrected chi connectivity index (χ4v) is 2.00. The number of nitrogens with one attached hydrogen (secondary N) is 1. The van der Waals surface area contributed by atoms with Crippen LogP contribution in [0.2, 0.25) is 0 Å². The van der Waals surface area contributed by atoms with Crippen LogP contribution in [0.5, 0.6) is 0 Å². The van der Waals surface area contributed by atoms with Crippen molar-refractivity contribution in [3.63, 3.8) is 0 Å². The first kappa shape index (κ1) is 13.1. The summed E-state index contributed by atoms with van der Waals surface area (Å²) in [6.07, 6.45) is 0. The van der Waals surface area contributed by atoms with E-state index in [4.69, 9.17) is 10.2 Å². The van der Waals surface area contributed by atoms with Crippen molar-refractivity contribution in [1.29, 1.82) is 0 Å². The molecule has 2 aromatic carbocycles. The van der Waals surface area contributed by atoms with E-state index in [2.05, 4.69) is 5.32 Å². The van der Waals surface area contributed by atoms with Crippen molar-refractivity contribution in [2.75, 3.05) is 11.1 Å². The molecule has 0 bridgehead atoms. The highest BCUT2D eigenvalue weighted by Crippen LogP contribution is 2.28. The number of nitrogens with two attached hydrogens (primary N) is 1. The van der Waals surface area contributed by atoms with Gasteiger partial charge >= 0.3 is 0 Å². The largest absolute Gasteiger partial charge is 0.449 e. The number of furan rings is 1. The molecule has 0 saturated carbocycles. The Morgan fingerprint density at radius 2 is 1.86 bits per heavy atom. The lowest BCUT2D eigenvalue weighted by Gasteiger charge is -2.04. The zero-order chi connectivity index (χ0) is 15.0. The van der Waals surface area contributed by atoms with Gasteiger partial charge in [0.1, 0.15) is 5.58 Å². The second-order valence-corrected chi connectivity index (χ2v) is 4.42. The number of carbonyl (C=O) groups is 1. The molecule has 4 nitrogen and oxygen atoms in total. The summed E-state index contributed by atoms with van der Waals surface area (Å²) in [4.78, 5) is 12.1. The van der Waals surface area contributed by atoms with E-state index in [9.17, 15) is 13.6 Å². The Hall–Kier alpha value is -2.89. The topological polar surface area (TPSA) is 68.3 Å². The van der Waals surface area contributed by atoms with E-state index in [-0.39, 0.29) is 17.1 Å². The lowest BCUT2D eigenvalue weighted by Crippen LogP contribution is -2.13. The summed E-state index contributed by atoms with van der Waals surface area (Å²) in [5.41, 5.74) is 6.65. The molecule has 0 aliphatic heterocycles. The molecule has 0 unspecified atom stereocenters. The van der Waals surface area contributed by atoms with E-state index < -0.39 is 17.5 Å². The van der Waals surface area contributed by atoms with Crippen LogP contribution in [-0.4, -0.2) is 5.91 Å². The highest BCUT2D eigenvalue weighted by Gasteiger charge is 2.18. The first-order valence-electron chi connectivity index (χ1n) is 6.09. The Bertz CT molecular complexity index is 843. The summed E-state index contributed by atoms with van der Waals surface area (Å²) in [5.74, 6) is -2.74. The van der Waals surface area contributed by atoms with Gasteiger partial charge in [-0.05, 0) is 24.3 Å². The molecular weight excluding hydrogens is 278 g/mol. The van der Waals surface area contributed by atoms with E-state index in [0.29, 0.717) is 11.0 Å². The molecule has 0 fully saturated rings. The maximum Gasteiger partial charge on any atom is 0.293 e. The SMILES string of the molecule is Nc1c(C(=O)Nc2ccc(F)c(F)c2)oc2ccccc12. The monoisotopic (exact) mass is 288 g/mol. The number of hydrogen-bond donors (Lipinski definition) is 2. The average molecular weight is 288 g/mol. The van der Waals surface area contributed by atoms with Gasteiger partial charge in [0.25, 0.3) is 5.91 Å². The molecule has 0 atom stereocenters. The lowest BCUT2D eigenvalue weighted by atomic mass is 10.2. The standard InChI is InChI=1S/C15H10F2N2O2/c16-10-6-5-8(7-11(10)17)19-15(20)14-13(18)9-3-1-2-4-12(9)21-14/h1-7H,18H2,(H,19,20). The molecule has 0 spiro atoms. The number of para-hydroxylation sites is 1. The van der Waals surface area contributed by atoms with E-state index >= 15 is 0 Å². The van der Waals surface area contributed by atoms with Crippen molar-refractivity contribution in [3.8, 4) is 0 Å². The number of benzene rings is 2. The van der Waals surface area contributed by atoms with Gasteiger partial charge in [-0.25, -0.2) is 8.78 Å². The molecule has 3 rings (SSSR count). The minimum Gasteiger partial charge on any atom is -0.449 e. The van der Waals surface area contributed by atoms with Crippen LogP contribution in [0.25, 0.3) is 11.0 Å². The van der Waals surface area contributed by atoms with Gasteiger partial charge in [-0.2, -0.15) is 0 Å². The van der Waals surface area contributed by atoms with Gasteiger partial charge in [-0.15, -0.1) is 0 Å². The van der Waals surface area contributed by atoms with Crippen molar-refractivity contribution in [3.05, 3.63) is 59.9 Å². The van der Waals surface area contributed by atoms with Crippen LogP contribution in [-0.2, 0) is 0 Å². The third-order valence-corrected chi connectivity index (χ3v) is 3.02. The third kappa shape index (κ3) is 2.31. The smallest absolute Gasteiger partial charge is 0.293 e. The number of halogens is 2. The zero-order valence-electron chi connectivity index (χ0n) is 10.7. The molecule has 1 heterocycles. The Kier molecular flexibility index (Phi) is 3.06. The summed E-state index contributed by atoms with van der Waals surface area (Å²) in [7, 11) is 0. The fourth-order valence-electron chi connectivity index (χ4n) is 2.00. The zero-order valence-corrected chi connectivity index (χ0v) is 10.7. The van der Waals surface area contributed by atoms with Gasteiger partial charge in [0.15, 0.2) is 11.6 Å². The molecule has 0 saturated heterocycles. The van der Waals surface area contributed by atoms with Crippen molar-refractivity contribution < 1.29 is 18.0 Å². The van der Waals surface area contributed by atoms with Gasteiger partial charge in [0, 0.05) is 17.1 Å². The van der Waals surface area contributed by atoms with Gasteiger partial charge in [-0.1, -0.05) is 12.1 Å². The van der Waals surface area contributed by atoms with Crippen molar-refractivity contribution in [2.45, 2.75) is 0 Å². The number of fused-ring (bicyclic) bond motifs is 1. The molecule has 0 aliphatic rings. The maximum atomic E-state index is 13.1. The summed E-state index contributed by atoms with van der Waals surface area (Å²) in [6, 6.07) is 9.98. The summed E-state index contributed by atoms with van der Waals surface area (Å²) in [6.45, 7) is 0. The van der Waals surface area contributed by atoms with Crippen molar-refractivity contribution in [1.82, 2.24) is 0 Å². The predicted molar refractivity (Wildman–Crippen MR) is 74.9 cm³/mol. The second-order valence-electron chi connectivity index (χ2n) is 4.42. The predicted octanol–water partition coefficient (Wildman–Crippen LogP) is 3.55. The van der Waals surface area contributed by atoms with Crippen molar-refractivity contribution >= 4 is 28.3 Å². The molecule has 0 aliphatic carbocycles. The van der Waals surface area contributed by atoms with Gasteiger partial charge in [0.2, 0.25) is 5.76 Å². The minimum absolute atomic E-state index is 0.0686. The van der Waals surface area contributed by atoms with Crippen LogP contribution in [0.15, 0.2) is 46.9 Å². The van der Waals surface area contributed by atoms with Gasteiger partial charge in [0.05, 0.1) is 5.69 Å². The second kappa shape index (κ2) is 4.90. The Balaban J connectivity index is 1.93. The van der Waals surface area contributed by atoms with Crippen LogP contribution < -0.4 is 11.1 Å². The van der Waals surface area contributed by atoms with E-state index in [1.807, 2.05) is 0 Å². The van der Waals surface area contributed by atoms with E-state index in [0.717, 1.165) is 12.1 Å². The lowest BCUT2D eigenvalue weighted by molar-refractivity contribution is 0.1000. The van der Waals surface area contributed by atoms with Crippen molar-refractivity contribution in [2.24, 2.45) is 0 Å². The molecular formula is C15H10F2N2O2. The van der Waals surface area contributed by atoms with Gasteiger partial charge in [-0.3, -0.25) is 4.79 Å². The average Bonchev–Trinajstić information content (AvgIpc) is 2.81. The number of nitrogen functional groups attached to an aromatic ring is 1. The number of amides is 1. The molecule has 106 valence electrons. The highest BCUT2D eigenvalue weighted by molar-refractivity contribution is 6.10. The molecule has 6 heteroatoms. The van der Waals surface area contributed by atoms with Crippen LogP contribution in [0.1, 0.15) is 10.6 Å². The first-order valence-corrected chi connectivity index (χ1v) is 6.09. The third-order valence-electron chi connectivity index (χ3n) is 3.02. The van der Waals surface area contributed by atoms with E-state index in [1.54, 1.807) is 24.3 Å². The molecule has 1 aromatic heterocycles. The summed E-state index contributed by atoms with van der Waals surface area (Å²) in [5, 5.41) is 3.03. The molecule has 0 radical (unpaired) electrons. The number of carbonyl (C=O) groups excluding carboxylic acids is 1. The number of rotatable bonds is 2. The van der Waals surface area contributed by atoms with Crippen LogP contribution in [0.3, 0.4) is 0 Å². The first-order chi connectivity index (χ1) is 10.1. The Morgan fingerprint density at radius 3 is 2.57 bits per heavy atom. The summed E-state index contributed by atoms with van der Waals surface area (Å²) >= 11 is 0. The fraction of sp³-hybridized carbons (Fsp3) is 0. The molecule has 3 aromatic rings. The van der Waals surface area contributed by atoms with Crippen LogP contribution >= 0.6 is 0 Å². The molecule has 1 amide bonds. The van der Waals surface area contributed by atoms with Gasteiger partial charge < -0.3 is 15.5 Å². The number of anilines is 2. The summed E-state index contributed by atoms with van der Waals surface area (Å²) < 4.78 is 31.3. The Morgan fingerprint density at radius 1 is 1.10 bits per heavy atom. The van der Waals surface area contributed by atoms with E-state index in [1.165, 1.54) is 6.07 Å².